The summed E-state index contributed by atoms with van der Waals surface area (Å²) in [6.07, 6.45) is 0. The summed E-state index contributed by atoms with van der Waals surface area (Å²) in [6, 6.07) is 18.1. The van der Waals surface area contributed by atoms with E-state index in [4.69, 9.17) is 8.23 Å². The molecule has 0 amide bonds. The summed E-state index contributed by atoms with van der Waals surface area (Å²) >= 11 is 0. The Kier molecular flexibility index (Phi) is 7.41. The van der Waals surface area contributed by atoms with Gasteiger partial charge >= 0.3 is 8.56 Å². The fourth-order valence-electron chi connectivity index (χ4n) is 4.11. The van der Waals surface area contributed by atoms with Crippen LogP contribution in [0.25, 0.3) is 0 Å². The summed E-state index contributed by atoms with van der Waals surface area (Å²) in [7, 11) is -6.46. The Morgan fingerprint density at radius 1 is 0.484 bits per heavy atom. The quantitative estimate of drug-likeness (QED) is 0.444. The van der Waals surface area contributed by atoms with Gasteiger partial charge in [0.15, 0.2) is 0 Å². The molecular formula is C26H44O2Si3. The monoisotopic (exact) mass is 472 g/mol. The average molecular weight is 473 g/mol. The summed E-state index contributed by atoms with van der Waals surface area (Å²) in [4.78, 5) is 0. The van der Waals surface area contributed by atoms with Crippen LogP contribution >= 0.6 is 0 Å². The fourth-order valence-corrected chi connectivity index (χ4v) is 17.4. The smallest absolute Gasteiger partial charge is 0.311 e. The molecule has 5 heteroatoms. The molecule has 0 saturated heterocycles. The molecule has 0 aliphatic rings. The van der Waals surface area contributed by atoms with E-state index in [1.54, 1.807) is 0 Å². The van der Waals surface area contributed by atoms with Crippen LogP contribution in [0.1, 0.15) is 52.7 Å². The van der Waals surface area contributed by atoms with Gasteiger partial charge in [0.05, 0.1) is 0 Å². The second-order valence-corrected chi connectivity index (χ2v) is 23.9. The standard InChI is InChI=1S/C26H44O2Si3/c1-25(2,3)21-13-17-23(18-14-21)29(7,8)27-31(11,12)28-30(9,10)24-19-15-22(16-20-24)26(4,5)6/h13-20H,1-12H3. The highest BCUT2D eigenvalue weighted by Gasteiger charge is 2.41. The van der Waals surface area contributed by atoms with Crippen molar-refractivity contribution in [2.24, 2.45) is 0 Å². The van der Waals surface area contributed by atoms with Gasteiger partial charge in [-0.25, -0.2) is 0 Å². The van der Waals surface area contributed by atoms with Gasteiger partial charge in [0, 0.05) is 0 Å². The van der Waals surface area contributed by atoms with Crippen LogP contribution in [0.5, 0.6) is 0 Å². The normalized spacial score (nSPS) is 14.1. The molecule has 2 aromatic carbocycles. The molecule has 0 atom stereocenters. The lowest BCUT2D eigenvalue weighted by Gasteiger charge is -2.39. The first-order valence-electron chi connectivity index (χ1n) is 11.5. The van der Waals surface area contributed by atoms with Crippen LogP contribution in [0.15, 0.2) is 48.5 Å². The van der Waals surface area contributed by atoms with Gasteiger partial charge in [-0.3, -0.25) is 0 Å². The Bertz CT molecular complexity index is 795. The first-order valence-corrected chi connectivity index (χ1v) is 20.1. The molecule has 31 heavy (non-hydrogen) atoms. The zero-order valence-corrected chi connectivity index (χ0v) is 24.9. The van der Waals surface area contributed by atoms with E-state index in [0.29, 0.717) is 0 Å². The first kappa shape index (κ1) is 26.3. The first-order chi connectivity index (χ1) is 13.8. The topological polar surface area (TPSA) is 18.5 Å². The van der Waals surface area contributed by atoms with Crippen molar-refractivity contribution in [1.29, 1.82) is 0 Å². The maximum absolute atomic E-state index is 6.86. The Morgan fingerprint density at radius 3 is 0.968 bits per heavy atom. The van der Waals surface area contributed by atoms with Crippen molar-refractivity contribution in [3.8, 4) is 0 Å². The van der Waals surface area contributed by atoms with Gasteiger partial charge in [-0.2, -0.15) is 0 Å². The Morgan fingerprint density at radius 2 is 0.742 bits per heavy atom. The van der Waals surface area contributed by atoms with E-state index < -0.39 is 25.2 Å². The third-order valence-electron chi connectivity index (χ3n) is 5.89. The minimum Gasteiger partial charge on any atom is -0.433 e. The summed E-state index contributed by atoms with van der Waals surface area (Å²) in [5, 5.41) is 2.66. The van der Waals surface area contributed by atoms with Crippen LogP contribution in [-0.4, -0.2) is 25.2 Å². The van der Waals surface area contributed by atoms with Crippen molar-refractivity contribution in [2.75, 3.05) is 0 Å². The van der Waals surface area contributed by atoms with E-state index in [1.807, 2.05) is 0 Å². The van der Waals surface area contributed by atoms with Gasteiger partial charge in [-0.1, -0.05) is 90.1 Å². The van der Waals surface area contributed by atoms with Gasteiger partial charge in [-0.05, 0) is 71.6 Å². The van der Waals surface area contributed by atoms with Crippen LogP contribution in [0.2, 0.25) is 39.3 Å². The Balaban J connectivity index is 2.18. The summed E-state index contributed by atoms with van der Waals surface area (Å²) < 4.78 is 13.7. The number of benzene rings is 2. The molecule has 0 radical (unpaired) electrons. The zero-order chi connectivity index (χ0) is 23.9. The maximum atomic E-state index is 6.86. The predicted molar refractivity (Wildman–Crippen MR) is 144 cm³/mol. The molecule has 2 rings (SSSR count). The van der Waals surface area contributed by atoms with Crippen LogP contribution in [-0.2, 0) is 19.1 Å². The van der Waals surface area contributed by atoms with Gasteiger partial charge < -0.3 is 8.23 Å². The lowest BCUT2D eigenvalue weighted by Crippen LogP contribution is -2.59. The van der Waals surface area contributed by atoms with E-state index in [1.165, 1.54) is 21.5 Å². The highest BCUT2D eigenvalue weighted by Crippen LogP contribution is 2.25. The molecule has 2 aromatic rings. The van der Waals surface area contributed by atoms with Crippen molar-refractivity contribution in [3.63, 3.8) is 0 Å². The fraction of sp³-hybridized carbons (Fsp3) is 0.538. The van der Waals surface area contributed by atoms with Crippen LogP contribution < -0.4 is 10.4 Å². The van der Waals surface area contributed by atoms with Crippen LogP contribution in [0.4, 0.5) is 0 Å². The molecule has 0 fully saturated rings. The van der Waals surface area contributed by atoms with E-state index in [2.05, 4.69) is 129 Å². The molecule has 0 aliphatic heterocycles. The third-order valence-corrected chi connectivity index (χ3v) is 17.4. The molecule has 172 valence electrons. The largest absolute Gasteiger partial charge is 0.433 e. The lowest BCUT2D eigenvalue weighted by molar-refractivity contribution is 0.401. The number of rotatable bonds is 6. The summed E-state index contributed by atoms with van der Waals surface area (Å²) in [5.41, 5.74) is 3.06. The highest BCUT2D eigenvalue weighted by molar-refractivity contribution is 6.95. The van der Waals surface area contributed by atoms with Crippen molar-refractivity contribution in [1.82, 2.24) is 0 Å². The van der Waals surface area contributed by atoms with Crippen LogP contribution in [0.3, 0.4) is 0 Å². The summed E-state index contributed by atoms with van der Waals surface area (Å²) in [6.45, 7) is 27.1. The van der Waals surface area contributed by atoms with Gasteiger partial charge in [-0.15, -0.1) is 0 Å². The lowest BCUT2D eigenvalue weighted by atomic mass is 9.87. The van der Waals surface area contributed by atoms with E-state index in [0.717, 1.165) is 0 Å². The molecule has 0 bridgehead atoms. The number of hydrogen-bond acceptors (Lipinski definition) is 2. The average Bonchev–Trinajstić information content (AvgIpc) is 2.58. The third kappa shape index (κ3) is 6.99. The van der Waals surface area contributed by atoms with E-state index in [9.17, 15) is 0 Å². The highest BCUT2D eigenvalue weighted by atomic mass is 28.5. The molecule has 0 aliphatic carbocycles. The minimum atomic E-state index is -2.32. The molecule has 0 saturated carbocycles. The predicted octanol–water partition coefficient (Wildman–Crippen LogP) is 6.54. The molecular weight excluding hydrogens is 429 g/mol. The number of hydrogen-bond donors (Lipinski definition) is 0. The molecule has 0 aromatic heterocycles. The van der Waals surface area contributed by atoms with Crippen molar-refractivity contribution >= 4 is 35.6 Å². The minimum absolute atomic E-state index is 0.167. The zero-order valence-electron chi connectivity index (χ0n) is 21.9. The maximum Gasteiger partial charge on any atom is 0.311 e. The van der Waals surface area contributed by atoms with Crippen molar-refractivity contribution in [3.05, 3.63) is 59.7 Å². The van der Waals surface area contributed by atoms with Crippen molar-refractivity contribution < 1.29 is 8.23 Å². The molecule has 2 nitrogen and oxygen atoms in total. The Hall–Kier alpha value is -0.989. The SMILES string of the molecule is CC(C)(C)c1ccc([Si](C)(C)O[Si](C)(C)O[Si](C)(C)c2ccc(C(C)(C)C)cc2)cc1. The second-order valence-electron chi connectivity index (χ2n) is 12.3. The summed E-state index contributed by atoms with van der Waals surface area (Å²) in [5.74, 6) is 0. The van der Waals surface area contributed by atoms with Gasteiger partial charge in [0.2, 0.25) is 16.6 Å². The molecule has 0 spiro atoms. The Labute approximate surface area is 194 Å². The second kappa shape index (κ2) is 8.75. The molecule has 0 unspecified atom stereocenters. The van der Waals surface area contributed by atoms with Crippen LogP contribution in [0, 0.1) is 0 Å². The van der Waals surface area contributed by atoms with Gasteiger partial charge in [0.25, 0.3) is 0 Å². The van der Waals surface area contributed by atoms with E-state index in [-0.39, 0.29) is 10.8 Å². The van der Waals surface area contributed by atoms with Gasteiger partial charge in [0.1, 0.15) is 0 Å². The van der Waals surface area contributed by atoms with Crippen molar-refractivity contribution in [2.45, 2.75) is 91.7 Å². The molecule has 0 N–H and O–H groups in total. The van der Waals surface area contributed by atoms with E-state index >= 15 is 0 Å². The molecule has 0 heterocycles.